The summed E-state index contributed by atoms with van der Waals surface area (Å²) in [4.78, 5) is 6.73. The monoisotopic (exact) mass is 266 g/mol. The molecule has 0 amide bonds. The van der Waals surface area contributed by atoms with Gasteiger partial charge in [0.05, 0.1) is 19.4 Å². The van der Waals surface area contributed by atoms with E-state index in [-0.39, 0.29) is 0 Å². The summed E-state index contributed by atoms with van der Waals surface area (Å²) in [6.07, 6.45) is 2.69. The maximum atomic E-state index is 5.32. The molecular formula is C12H22N6O. The lowest BCUT2D eigenvalue weighted by Crippen LogP contribution is -2.39. The zero-order valence-electron chi connectivity index (χ0n) is 11.4. The van der Waals surface area contributed by atoms with Crippen LogP contribution in [0.1, 0.15) is 13.3 Å². The predicted octanol–water partition coefficient (Wildman–Crippen LogP) is 0.438. The lowest BCUT2D eigenvalue weighted by atomic mass is 10.4. The lowest BCUT2D eigenvalue weighted by Gasteiger charge is -2.26. The summed E-state index contributed by atoms with van der Waals surface area (Å²) < 4.78 is 5.32. The fourth-order valence-electron chi connectivity index (χ4n) is 1.87. The van der Waals surface area contributed by atoms with Gasteiger partial charge in [0.25, 0.3) is 0 Å². The van der Waals surface area contributed by atoms with E-state index in [1.54, 1.807) is 6.20 Å². The zero-order chi connectivity index (χ0) is 13.3. The molecule has 19 heavy (non-hydrogen) atoms. The molecule has 7 heteroatoms. The molecule has 0 spiro atoms. The van der Waals surface area contributed by atoms with Crippen molar-refractivity contribution in [3.8, 4) is 0 Å². The van der Waals surface area contributed by atoms with Crippen molar-refractivity contribution in [1.29, 1.82) is 0 Å². The molecule has 0 unspecified atom stereocenters. The van der Waals surface area contributed by atoms with E-state index in [9.17, 15) is 0 Å². The highest BCUT2D eigenvalue weighted by molar-refractivity contribution is 5.36. The van der Waals surface area contributed by atoms with Crippen molar-refractivity contribution < 1.29 is 4.74 Å². The van der Waals surface area contributed by atoms with E-state index in [1.807, 2.05) is 0 Å². The van der Waals surface area contributed by atoms with Crippen LogP contribution >= 0.6 is 0 Å². The molecule has 2 heterocycles. The maximum absolute atomic E-state index is 5.32. The van der Waals surface area contributed by atoms with Crippen LogP contribution in [0.4, 0.5) is 11.8 Å². The van der Waals surface area contributed by atoms with E-state index in [0.717, 1.165) is 58.2 Å². The molecule has 1 saturated heterocycles. The highest BCUT2D eigenvalue weighted by atomic mass is 16.5. The molecule has 2 rings (SSSR count). The number of nitrogens with zero attached hydrogens (tertiary/aromatic N) is 4. The predicted molar refractivity (Wildman–Crippen MR) is 74.4 cm³/mol. The zero-order valence-corrected chi connectivity index (χ0v) is 11.4. The summed E-state index contributed by atoms with van der Waals surface area (Å²) in [6.45, 7) is 8.49. The number of anilines is 2. The standard InChI is InChI=1S/C12H22N6O/c1-2-3-14-12-16-11(10-15-17-12)13-4-5-18-6-8-19-9-7-18/h10H,2-9H2,1H3,(H2,13,14,16,17). The number of ether oxygens (including phenoxy) is 1. The molecule has 106 valence electrons. The SMILES string of the molecule is CCCNc1nncc(NCCN2CCOCC2)n1. The normalized spacial score (nSPS) is 16.3. The van der Waals surface area contributed by atoms with E-state index in [1.165, 1.54) is 0 Å². The van der Waals surface area contributed by atoms with Crippen LogP contribution in [0.15, 0.2) is 6.20 Å². The van der Waals surface area contributed by atoms with Gasteiger partial charge in [0.15, 0.2) is 5.82 Å². The lowest BCUT2D eigenvalue weighted by molar-refractivity contribution is 0.0398. The Balaban J connectivity index is 1.72. The molecule has 1 fully saturated rings. The third-order valence-corrected chi connectivity index (χ3v) is 2.93. The van der Waals surface area contributed by atoms with Gasteiger partial charge in [-0.05, 0) is 6.42 Å². The van der Waals surface area contributed by atoms with Crippen LogP contribution < -0.4 is 10.6 Å². The second kappa shape index (κ2) is 7.85. The fraction of sp³-hybridized carbons (Fsp3) is 0.750. The Labute approximate surface area is 113 Å². The molecular weight excluding hydrogens is 244 g/mol. The van der Waals surface area contributed by atoms with Gasteiger partial charge >= 0.3 is 0 Å². The van der Waals surface area contributed by atoms with Crippen molar-refractivity contribution in [1.82, 2.24) is 20.1 Å². The minimum Gasteiger partial charge on any atom is -0.379 e. The van der Waals surface area contributed by atoms with Gasteiger partial charge in [-0.1, -0.05) is 6.92 Å². The van der Waals surface area contributed by atoms with E-state index < -0.39 is 0 Å². The molecule has 0 atom stereocenters. The van der Waals surface area contributed by atoms with E-state index >= 15 is 0 Å². The molecule has 7 nitrogen and oxygen atoms in total. The molecule has 2 N–H and O–H groups in total. The molecule has 0 aromatic carbocycles. The van der Waals surface area contributed by atoms with Crippen molar-refractivity contribution in [2.75, 3.05) is 56.6 Å². The van der Waals surface area contributed by atoms with Crippen LogP contribution in [-0.2, 0) is 4.74 Å². The van der Waals surface area contributed by atoms with E-state index in [0.29, 0.717) is 5.95 Å². The average molecular weight is 266 g/mol. The van der Waals surface area contributed by atoms with Gasteiger partial charge in [-0.25, -0.2) is 0 Å². The van der Waals surface area contributed by atoms with E-state index in [4.69, 9.17) is 4.74 Å². The van der Waals surface area contributed by atoms with Crippen LogP contribution in [0.3, 0.4) is 0 Å². The van der Waals surface area contributed by atoms with Gasteiger partial charge in [-0.2, -0.15) is 10.1 Å². The highest BCUT2D eigenvalue weighted by Gasteiger charge is 2.09. The fourth-order valence-corrected chi connectivity index (χ4v) is 1.87. The minimum absolute atomic E-state index is 0.582. The summed E-state index contributed by atoms with van der Waals surface area (Å²) in [5.74, 6) is 1.35. The molecule has 1 aromatic rings. The van der Waals surface area contributed by atoms with Crippen molar-refractivity contribution in [3.63, 3.8) is 0 Å². The van der Waals surface area contributed by atoms with Crippen LogP contribution in [0.25, 0.3) is 0 Å². The quantitative estimate of drug-likeness (QED) is 0.741. The topological polar surface area (TPSA) is 75.2 Å². The first-order chi connectivity index (χ1) is 9.38. The van der Waals surface area contributed by atoms with Gasteiger partial charge in [-0.15, -0.1) is 5.10 Å². The summed E-state index contributed by atoms with van der Waals surface area (Å²) in [5.41, 5.74) is 0. The number of hydrogen-bond donors (Lipinski definition) is 2. The van der Waals surface area contributed by atoms with Gasteiger partial charge < -0.3 is 15.4 Å². The number of rotatable bonds is 7. The smallest absolute Gasteiger partial charge is 0.244 e. The van der Waals surface area contributed by atoms with Gasteiger partial charge in [0, 0.05) is 32.7 Å². The van der Waals surface area contributed by atoms with Gasteiger partial charge in [-0.3, -0.25) is 4.90 Å². The van der Waals surface area contributed by atoms with Crippen molar-refractivity contribution >= 4 is 11.8 Å². The van der Waals surface area contributed by atoms with Crippen molar-refractivity contribution in [2.24, 2.45) is 0 Å². The van der Waals surface area contributed by atoms with E-state index in [2.05, 4.69) is 37.6 Å². The average Bonchev–Trinajstić information content (AvgIpc) is 2.47. The number of hydrogen-bond acceptors (Lipinski definition) is 7. The first kappa shape index (κ1) is 14.0. The molecule has 1 aliphatic rings. The first-order valence-corrected chi connectivity index (χ1v) is 6.86. The third kappa shape index (κ3) is 4.96. The summed E-state index contributed by atoms with van der Waals surface area (Å²) >= 11 is 0. The van der Waals surface area contributed by atoms with Crippen LogP contribution in [0.2, 0.25) is 0 Å². The van der Waals surface area contributed by atoms with Gasteiger partial charge in [0.1, 0.15) is 0 Å². The Morgan fingerprint density at radius 3 is 2.89 bits per heavy atom. The second-order valence-corrected chi connectivity index (χ2v) is 4.47. The first-order valence-electron chi connectivity index (χ1n) is 6.86. The Hall–Kier alpha value is -1.47. The Bertz CT molecular complexity index is 369. The van der Waals surface area contributed by atoms with Crippen LogP contribution in [-0.4, -0.2) is 66.0 Å². The molecule has 0 aliphatic carbocycles. The van der Waals surface area contributed by atoms with Gasteiger partial charge in [0.2, 0.25) is 5.95 Å². The van der Waals surface area contributed by atoms with Crippen LogP contribution in [0, 0.1) is 0 Å². The third-order valence-electron chi connectivity index (χ3n) is 2.93. The largest absolute Gasteiger partial charge is 0.379 e. The summed E-state index contributed by atoms with van der Waals surface area (Å²) in [6, 6.07) is 0. The molecule has 1 aromatic heterocycles. The Morgan fingerprint density at radius 2 is 2.11 bits per heavy atom. The number of morpholine rings is 1. The highest BCUT2D eigenvalue weighted by Crippen LogP contribution is 2.03. The summed E-state index contributed by atoms with van der Waals surface area (Å²) in [7, 11) is 0. The van der Waals surface area contributed by atoms with Crippen LogP contribution in [0.5, 0.6) is 0 Å². The molecule has 0 radical (unpaired) electrons. The molecule has 0 bridgehead atoms. The van der Waals surface area contributed by atoms with Crippen molar-refractivity contribution in [2.45, 2.75) is 13.3 Å². The second-order valence-electron chi connectivity index (χ2n) is 4.47. The molecule has 1 aliphatic heterocycles. The Morgan fingerprint density at radius 1 is 1.26 bits per heavy atom. The number of aromatic nitrogens is 3. The maximum Gasteiger partial charge on any atom is 0.244 e. The minimum atomic E-state index is 0.582. The molecule has 0 saturated carbocycles. The number of nitrogens with one attached hydrogen (secondary N) is 2. The van der Waals surface area contributed by atoms with Crippen molar-refractivity contribution in [3.05, 3.63) is 6.20 Å². The summed E-state index contributed by atoms with van der Waals surface area (Å²) in [5, 5.41) is 14.3. The Kier molecular flexibility index (Phi) is 5.77.